The van der Waals surface area contributed by atoms with E-state index in [9.17, 15) is 24.2 Å². The van der Waals surface area contributed by atoms with Gasteiger partial charge in [0.15, 0.2) is 6.10 Å². The lowest BCUT2D eigenvalue weighted by Gasteiger charge is -2.28. The molecule has 0 radical (unpaired) electrons. The lowest BCUT2D eigenvalue weighted by molar-refractivity contribution is -0.870. The molecule has 1 N–H and O–H groups in total. The Bertz CT molecular complexity index is 1420. The molecule has 0 aliphatic rings. The molecule has 0 aliphatic carbocycles. The molecule has 0 aromatic rings. The maximum Gasteiger partial charge on any atom is 0.306 e. The Hall–Kier alpha value is -3.37. The molecule has 0 heterocycles. The summed E-state index contributed by atoms with van der Waals surface area (Å²) in [5, 5.41) is 9.74. The van der Waals surface area contributed by atoms with Crippen molar-refractivity contribution in [3.63, 3.8) is 0 Å². The zero-order valence-electron chi connectivity index (χ0n) is 38.4. The minimum Gasteiger partial charge on any atom is -0.756 e. The van der Waals surface area contributed by atoms with Crippen molar-refractivity contribution in [2.75, 3.05) is 47.5 Å². The first-order valence-corrected chi connectivity index (χ1v) is 24.1. The molecule has 11 heteroatoms. The zero-order chi connectivity index (χ0) is 45.1. The van der Waals surface area contributed by atoms with Gasteiger partial charge in [-0.3, -0.25) is 14.2 Å². The standard InChI is InChI=1S/C50H82NO9P/c1-6-8-9-10-11-12-13-14-15-16-17-18-19-22-26-29-32-35-38-42-50(54)60-48(46-59-61(55,56)58-44-43-51(3,4)5)45-57-49(53)41-37-34-31-28-25-23-20-21-24-27-30-33-36-40-47(52)39-7-2/h11-12,14-15,17-18,20,22-24,26-28,31-33,35-36,47-48,52H,6-10,13,16,19,21,25,29-30,34,37-46H2,1-5H3/b12-11-,15-14-,18-17-,23-20-,26-22-,27-24-,31-28-,35-32-,36-33-/t47?,48-/m1/s1. The summed E-state index contributed by atoms with van der Waals surface area (Å²) in [7, 11) is 1.05. The Labute approximate surface area is 370 Å². The molecule has 346 valence electrons. The van der Waals surface area contributed by atoms with E-state index in [0.717, 1.165) is 57.8 Å². The van der Waals surface area contributed by atoms with E-state index < -0.39 is 32.5 Å². The van der Waals surface area contributed by atoms with Crippen LogP contribution in [0.4, 0.5) is 0 Å². The molecule has 0 spiro atoms. The minimum absolute atomic E-state index is 0.0654. The maximum atomic E-state index is 12.7. The first-order chi connectivity index (χ1) is 29.4. The zero-order valence-corrected chi connectivity index (χ0v) is 39.3. The number of aliphatic hydroxyl groups is 1. The fraction of sp³-hybridized carbons (Fsp3) is 0.600. The van der Waals surface area contributed by atoms with Gasteiger partial charge in [0.1, 0.15) is 19.8 Å². The smallest absolute Gasteiger partial charge is 0.306 e. The second-order valence-corrected chi connectivity index (χ2v) is 17.3. The van der Waals surface area contributed by atoms with Crippen molar-refractivity contribution in [3.05, 3.63) is 109 Å². The highest BCUT2D eigenvalue weighted by atomic mass is 31.2. The molecule has 3 atom stereocenters. The number of hydrogen-bond donors (Lipinski definition) is 1. The van der Waals surface area contributed by atoms with E-state index >= 15 is 0 Å². The maximum absolute atomic E-state index is 12.7. The fourth-order valence-electron chi connectivity index (χ4n) is 5.29. The summed E-state index contributed by atoms with van der Waals surface area (Å²) in [6, 6.07) is 0. The van der Waals surface area contributed by atoms with Gasteiger partial charge in [0.2, 0.25) is 0 Å². The SMILES string of the molecule is CCCCC/C=C\C/C=C\C/C=C\C/C=C\C/C=C\CCC(=O)O[C@H](COC(=O)CCC/C=C\C/C=C\C/C=C\C/C=C\CC(O)CCC)COP(=O)([O-])OCC[N+](C)(C)C. The van der Waals surface area contributed by atoms with Crippen LogP contribution in [0.5, 0.6) is 0 Å². The van der Waals surface area contributed by atoms with Gasteiger partial charge in [-0.05, 0) is 89.9 Å². The summed E-state index contributed by atoms with van der Waals surface area (Å²) < 4.78 is 33.7. The average Bonchev–Trinajstić information content (AvgIpc) is 3.20. The molecule has 0 saturated carbocycles. The van der Waals surface area contributed by atoms with E-state index in [2.05, 4.69) is 92.8 Å². The van der Waals surface area contributed by atoms with Crippen LogP contribution >= 0.6 is 7.82 Å². The molecule has 10 nitrogen and oxygen atoms in total. The van der Waals surface area contributed by atoms with Crippen LogP contribution in [-0.2, 0) is 32.7 Å². The molecule has 0 fully saturated rings. The van der Waals surface area contributed by atoms with Crippen molar-refractivity contribution in [3.8, 4) is 0 Å². The van der Waals surface area contributed by atoms with Crippen molar-refractivity contribution < 1.29 is 47.2 Å². The number of carbonyl (C=O) groups is 2. The molecule has 61 heavy (non-hydrogen) atoms. The number of aliphatic hydroxyl groups excluding tert-OH is 1. The topological polar surface area (TPSA) is 131 Å². The Morgan fingerprint density at radius 2 is 1.07 bits per heavy atom. The summed E-state index contributed by atoms with van der Waals surface area (Å²) in [6.45, 7) is 3.81. The summed E-state index contributed by atoms with van der Waals surface area (Å²) in [5.41, 5.74) is 0. The molecular formula is C50H82NO9P. The highest BCUT2D eigenvalue weighted by molar-refractivity contribution is 7.45. The number of ether oxygens (including phenoxy) is 2. The summed E-state index contributed by atoms with van der Waals surface area (Å²) in [4.78, 5) is 37.5. The van der Waals surface area contributed by atoms with E-state index in [0.29, 0.717) is 36.7 Å². The van der Waals surface area contributed by atoms with Crippen LogP contribution in [0.25, 0.3) is 0 Å². The molecule has 0 rings (SSSR count). The first-order valence-electron chi connectivity index (χ1n) is 22.7. The van der Waals surface area contributed by atoms with Crippen LogP contribution in [0.2, 0.25) is 0 Å². The first kappa shape index (κ1) is 57.6. The molecule has 2 unspecified atom stereocenters. The third-order valence-corrected chi connectivity index (χ3v) is 9.80. The van der Waals surface area contributed by atoms with E-state index in [1.807, 2.05) is 51.5 Å². The molecule has 0 bridgehead atoms. The van der Waals surface area contributed by atoms with Gasteiger partial charge in [-0.15, -0.1) is 0 Å². The number of rotatable bonds is 39. The molecule has 0 aliphatic heterocycles. The predicted octanol–water partition coefficient (Wildman–Crippen LogP) is 11.5. The summed E-state index contributed by atoms with van der Waals surface area (Å²) in [6.07, 6.45) is 52.0. The van der Waals surface area contributed by atoms with Gasteiger partial charge in [0.25, 0.3) is 7.82 Å². The van der Waals surface area contributed by atoms with Crippen molar-refractivity contribution in [1.29, 1.82) is 0 Å². The Morgan fingerprint density at radius 3 is 1.56 bits per heavy atom. The van der Waals surface area contributed by atoms with Crippen LogP contribution in [0.3, 0.4) is 0 Å². The number of esters is 2. The number of hydrogen-bond acceptors (Lipinski definition) is 9. The number of phosphoric acid groups is 1. The predicted molar refractivity (Wildman–Crippen MR) is 251 cm³/mol. The van der Waals surface area contributed by atoms with Crippen LogP contribution < -0.4 is 4.89 Å². The summed E-state index contributed by atoms with van der Waals surface area (Å²) in [5.74, 6) is -1.03. The lowest BCUT2D eigenvalue weighted by Crippen LogP contribution is -2.37. The number of allylic oxidation sites excluding steroid dienone is 17. The quantitative estimate of drug-likeness (QED) is 0.0211. The number of unbranched alkanes of at least 4 members (excludes halogenated alkanes) is 4. The van der Waals surface area contributed by atoms with Crippen LogP contribution in [0.15, 0.2) is 109 Å². The Kier molecular flexibility index (Phi) is 38.4. The van der Waals surface area contributed by atoms with Gasteiger partial charge >= 0.3 is 11.9 Å². The number of phosphoric ester groups is 1. The highest BCUT2D eigenvalue weighted by Crippen LogP contribution is 2.38. The van der Waals surface area contributed by atoms with Gasteiger partial charge in [0.05, 0.1) is 33.9 Å². The van der Waals surface area contributed by atoms with E-state index in [-0.39, 0.29) is 32.2 Å². The van der Waals surface area contributed by atoms with Crippen molar-refractivity contribution in [2.45, 2.75) is 148 Å². The van der Waals surface area contributed by atoms with Gasteiger partial charge in [0, 0.05) is 12.8 Å². The van der Waals surface area contributed by atoms with Gasteiger partial charge in [-0.25, -0.2) is 0 Å². The largest absolute Gasteiger partial charge is 0.756 e. The summed E-state index contributed by atoms with van der Waals surface area (Å²) >= 11 is 0. The van der Waals surface area contributed by atoms with E-state index in [1.54, 1.807) is 0 Å². The van der Waals surface area contributed by atoms with Gasteiger partial charge < -0.3 is 33.0 Å². The number of carbonyl (C=O) groups excluding carboxylic acids is 2. The lowest BCUT2D eigenvalue weighted by atomic mass is 10.1. The van der Waals surface area contributed by atoms with Crippen LogP contribution in [0, 0.1) is 0 Å². The molecule has 0 aromatic carbocycles. The second kappa shape index (κ2) is 40.7. The van der Waals surface area contributed by atoms with Crippen molar-refractivity contribution in [2.24, 2.45) is 0 Å². The van der Waals surface area contributed by atoms with Crippen LogP contribution in [-0.4, -0.2) is 81.2 Å². The molecule has 0 amide bonds. The number of likely N-dealkylation sites (N-methyl/N-ethyl adjacent to an activating group) is 1. The minimum atomic E-state index is -4.67. The average molecular weight is 872 g/mol. The molecule has 0 aromatic heterocycles. The normalized spacial score (nSPS) is 15.1. The van der Waals surface area contributed by atoms with E-state index in [4.69, 9.17) is 18.5 Å². The van der Waals surface area contributed by atoms with Crippen LogP contribution in [0.1, 0.15) is 136 Å². The monoisotopic (exact) mass is 872 g/mol. The van der Waals surface area contributed by atoms with Gasteiger partial charge in [-0.2, -0.15) is 0 Å². The van der Waals surface area contributed by atoms with Crippen molar-refractivity contribution >= 4 is 19.8 Å². The fourth-order valence-corrected chi connectivity index (χ4v) is 6.02. The Balaban J connectivity index is 4.60. The highest BCUT2D eigenvalue weighted by Gasteiger charge is 2.21. The van der Waals surface area contributed by atoms with Crippen molar-refractivity contribution in [1.82, 2.24) is 0 Å². The number of nitrogens with zero attached hydrogens (tertiary/aromatic N) is 1. The van der Waals surface area contributed by atoms with E-state index in [1.165, 1.54) is 25.7 Å². The van der Waals surface area contributed by atoms with Gasteiger partial charge in [-0.1, -0.05) is 142 Å². The number of quaternary nitrogens is 1. The molecular weight excluding hydrogens is 790 g/mol. The third kappa shape index (κ3) is 44.5. The third-order valence-electron chi connectivity index (χ3n) is 8.83. The second-order valence-electron chi connectivity index (χ2n) is 15.9. The molecule has 0 saturated heterocycles. The Morgan fingerprint density at radius 1 is 0.590 bits per heavy atom.